The van der Waals surface area contributed by atoms with Crippen LogP contribution >= 0.6 is 11.3 Å². The van der Waals surface area contributed by atoms with E-state index in [1.54, 1.807) is 16.2 Å². The summed E-state index contributed by atoms with van der Waals surface area (Å²) in [6, 6.07) is 5.81. The van der Waals surface area contributed by atoms with Crippen molar-refractivity contribution in [1.82, 2.24) is 9.88 Å². The van der Waals surface area contributed by atoms with Gasteiger partial charge in [0.05, 0.1) is 17.1 Å². The van der Waals surface area contributed by atoms with Crippen LogP contribution in [0.2, 0.25) is 0 Å². The zero-order valence-electron chi connectivity index (χ0n) is 14.2. The summed E-state index contributed by atoms with van der Waals surface area (Å²) in [5.74, 6) is 1.98. The van der Waals surface area contributed by atoms with Crippen molar-refractivity contribution in [2.75, 3.05) is 20.3 Å². The van der Waals surface area contributed by atoms with Crippen molar-refractivity contribution in [2.24, 2.45) is 0 Å². The van der Waals surface area contributed by atoms with E-state index in [-0.39, 0.29) is 5.91 Å². The molecule has 2 aromatic rings. The molecule has 5 nitrogen and oxygen atoms in total. The number of carbonyl (C=O) groups is 1. The number of carbonyl (C=O) groups excluding carboxylic acids is 1. The van der Waals surface area contributed by atoms with Gasteiger partial charge in [-0.05, 0) is 17.7 Å². The summed E-state index contributed by atoms with van der Waals surface area (Å²) in [6.45, 7) is 5.90. The molecule has 0 fully saturated rings. The summed E-state index contributed by atoms with van der Waals surface area (Å²) in [5.41, 5.74) is 1.87. The Morgan fingerprint density at radius 1 is 1.29 bits per heavy atom. The Labute approximate surface area is 146 Å². The first-order valence-electron chi connectivity index (χ1n) is 8.09. The number of amides is 1. The number of hydrogen-bond acceptors (Lipinski definition) is 5. The number of hydrogen-bond donors (Lipinski definition) is 0. The smallest absolute Gasteiger partial charge is 0.228 e. The van der Waals surface area contributed by atoms with Gasteiger partial charge in [0, 0.05) is 24.9 Å². The van der Waals surface area contributed by atoms with Crippen molar-refractivity contribution in [3.8, 4) is 11.5 Å². The highest BCUT2D eigenvalue weighted by atomic mass is 32.1. The van der Waals surface area contributed by atoms with Crippen LogP contribution in [-0.4, -0.2) is 36.1 Å². The van der Waals surface area contributed by atoms with Gasteiger partial charge >= 0.3 is 0 Å². The molecular formula is C18H22N2O3S. The summed E-state index contributed by atoms with van der Waals surface area (Å²) in [4.78, 5) is 18.7. The fourth-order valence-corrected chi connectivity index (χ4v) is 3.34. The maximum Gasteiger partial charge on any atom is 0.228 e. The summed E-state index contributed by atoms with van der Waals surface area (Å²) in [6.07, 6.45) is 0.338. The predicted molar refractivity (Wildman–Crippen MR) is 93.8 cm³/mol. The van der Waals surface area contributed by atoms with Crippen molar-refractivity contribution in [1.29, 1.82) is 0 Å². The lowest BCUT2D eigenvalue weighted by molar-refractivity contribution is -0.129. The molecule has 0 saturated carbocycles. The minimum atomic E-state index is 0.0606. The second kappa shape index (κ2) is 7.21. The Kier molecular flexibility index (Phi) is 5.04. The molecule has 1 aromatic heterocycles. The maximum absolute atomic E-state index is 12.4. The molecule has 1 aliphatic rings. The molecule has 1 amide bonds. The van der Waals surface area contributed by atoms with Crippen LogP contribution in [-0.2, 0) is 17.8 Å². The quantitative estimate of drug-likeness (QED) is 0.834. The highest BCUT2D eigenvalue weighted by Crippen LogP contribution is 2.31. The third kappa shape index (κ3) is 3.87. The summed E-state index contributed by atoms with van der Waals surface area (Å²) >= 11 is 1.62. The van der Waals surface area contributed by atoms with Crippen LogP contribution in [0.5, 0.6) is 11.5 Å². The van der Waals surface area contributed by atoms with Gasteiger partial charge in [-0.1, -0.05) is 19.9 Å². The van der Waals surface area contributed by atoms with Crippen molar-refractivity contribution >= 4 is 17.2 Å². The van der Waals surface area contributed by atoms with E-state index in [0.717, 1.165) is 27.8 Å². The van der Waals surface area contributed by atoms with Crippen molar-refractivity contribution in [2.45, 2.75) is 32.7 Å². The molecule has 0 atom stereocenters. The molecule has 0 radical (unpaired) electrons. The Balaban J connectivity index is 1.61. The molecule has 2 heterocycles. The lowest BCUT2D eigenvalue weighted by atomic mass is 10.1. The number of fused-ring (bicyclic) bond motifs is 1. The van der Waals surface area contributed by atoms with E-state index in [4.69, 9.17) is 9.47 Å². The van der Waals surface area contributed by atoms with Crippen LogP contribution in [0.3, 0.4) is 0 Å². The van der Waals surface area contributed by atoms with Gasteiger partial charge in [-0.15, -0.1) is 11.3 Å². The first kappa shape index (κ1) is 16.8. The zero-order chi connectivity index (χ0) is 17.1. The predicted octanol–water partition coefficient (Wildman–Crippen LogP) is 3.24. The van der Waals surface area contributed by atoms with Crippen LogP contribution in [0.1, 0.15) is 36.0 Å². The molecule has 0 N–H and O–H groups in total. The van der Waals surface area contributed by atoms with Gasteiger partial charge in [-0.2, -0.15) is 0 Å². The first-order chi connectivity index (χ1) is 11.5. The van der Waals surface area contributed by atoms with Gasteiger partial charge in [0.2, 0.25) is 5.91 Å². The van der Waals surface area contributed by atoms with Gasteiger partial charge in [0.1, 0.15) is 13.2 Å². The number of ether oxygens (including phenoxy) is 2. The van der Waals surface area contributed by atoms with Gasteiger partial charge in [0.25, 0.3) is 0 Å². The molecular weight excluding hydrogens is 324 g/mol. The Morgan fingerprint density at radius 2 is 2.04 bits per heavy atom. The van der Waals surface area contributed by atoms with E-state index in [0.29, 0.717) is 32.1 Å². The fraction of sp³-hybridized carbons (Fsp3) is 0.444. The largest absolute Gasteiger partial charge is 0.486 e. The highest BCUT2D eigenvalue weighted by molar-refractivity contribution is 7.09. The minimum Gasteiger partial charge on any atom is -0.486 e. The van der Waals surface area contributed by atoms with E-state index in [1.165, 1.54) is 0 Å². The number of benzene rings is 1. The number of thiazole rings is 1. The number of aromatic nitrogens is 1. The molecule has 0 unspecified atom stereocenters. The molecule has 0 bridgehead atoms. The number of likely N-dealkylation sites (N-methyl/N-ethyl adjacent to an activating group) is 1. The Morgan fingerprint density at radius 3 is 2.75 bits per heavy atom. The molecule has 6 heteroatoms. The summed E-state index contributed by atoms with van der Waals surface area (Å²) in [7, 11) is 1.81. The fourth-order valence-electron chi connectivity index (χ4n) is 2.51. The second-order valence-corrected chi connectivity index (χ2v) is 7.13. The van der Waals surface area contributed by atoms with Gasteiger partial charge in [-0.3, -0.25) is 4.79 Å². The highest BCUT2D eigenvalue weighted by Gasteiger charge is 2.16. The standard InChI is InChI=1S/C18H22N2O3S/c1-12(2)18-19-14(11-24-18)9-17(21)20(3)10-13-4-5-15-16(8-13)23-7-6-22-15/h4-5,8,11-12H,6-7,9-10H2,1-3H3. The molecule has 0 saturated heterocycles. The molecule has 0 aliphatic carbocycles. The van der Waals surface area contributed by atoms with Crippen LogP contribution in [0, 0.1) is 0 Å². The van der Waals surface area contributed by atoms with Crippen LogP contribution < -0.4 is 9.47 Å². The first-order valence-corrected chi connectivity index (χ1v) is 8.97. The molecule has 3 rings (SSSR count). The molecule has 24 heavy (non-hydrogen) atoms. The van der Waals surface area contributed by atoms with Crippen LogP contribution in [0.4, 0.5) is 0 Å². The van der Waals surface area contributed by atoms with E-state index < -0.39 is 0 Å². The molecule has 1 aromatic carbocycles. The van der Waals surface area contributed by atoms with E-state index >= 15 is 0 Å². The van der Waals surface area contributed by atoms with Crippen molar-refractivity contribution in [3.05, 3.63) is 39.8 Å². The Hall–Kier alpha value is -2.08. The topological polar surface area (TPSA) is 51.7 Å². The summed E-state index contributed by atoms with van der Waals surface area (Å²) < 4.78 is 11.1. The SMILES string of the molecule is CC(C)c1nc(CC(=O)N(C)Cc2ccc3c(c2)OCCO3)cs1. The maximum atomic E-state index is 12.4. The van der Waals surface area contributed by atoms with Crippen molar-refractivity contribution < 1.29 is 14.3 Å². The average molecular weight is 346 g/mol. The lowest BCUT2D eigenvalue weighted by Gasteiger charge is -2.21. The van der Waals surface area contributed by atoms with Gasteiger partial charge < -0.3 is 14.4 Å². The van der Waals surface area contributed by atoms with E-state index in [1.807, 2.05) is 30.6 Å². The van der Waals surface area contributed by atoms with Crippen LogP contribution in [0.15, 0.2) is 23.6 Å². The lowest BCUT2D eigenvalue weighted by Crippen LogP contribution is -2.28. The zero-order valence-corrected chi connectivity index (χ0v) is 15.1. The minimum absolute atomic E-state index is 0.0606. The average Bonchev–Trinajstić information content (AvgIpc) is 3.03. The van der Waals surface area contributed by atoms with E-state index in [9.17, 15) is 4.79 Å². The normalized spacial score (nSPS) is 13.2. The van der Waals surface area contributed by atoms with Gasteiger partial charge in [0.15, 0.2) is 11.5 Å². The Bertz CT molecular complexity index is 727. The number of nitrogens with zero attached hydrogens (tertiary/aromatic N) is 2. The molecule has 128 valence electrons. The van der Waals surface area contributed by atoms with Crippen LogP contribution in [0.25, 0.3) is 0 Å². The van der Waals surface area contributed by atoms with Gasteiger partial charge in [-0.25, -0.2) is 4.98 Å². The monoisotopic (exact) mass is 346 g/mol. The van der Waals surface area contributed by atoms with Crippen molar-refractivity contribution in [3.63, 3.8) is 0 Å². The summed E-state index contributed by atoms with van der Waals surface area (Å²) in [5, 5.41) is 3.05. The number of rotatable bonds is 5. The third-order valence-electron chi connectivity index (χ3n) is 3.85. The molecule has 1 aliphatic heterocycles. The van der Waals surface area contributed by atoms with E-state index in [2.05, 4.69) is 18.8 Å². The second-order valence-electron chi connectivity index (χ2n) is 6.24. The molecule has 0 spiro atoms. The third-order valence-corrected chi connectivity index (χ3v) is 5.04.